The van der Waals surface area contributed by atoms with Crippen molar-refractivity contribution in [2.45, 2.75) is 27.2 Å². The number of nitrogens with one attached hydrogen (secondary N) is 1. The molecule has 0 saturated heterocycles. The minimum atomic E-state index is -0.192. The largest absolute Gasteiger partial charge is 0.322 e. The lowest BCUT2D eigenvalue weighted by Gasteiger charge is -2.15. The number of hydrogen-bond donors (Lipinski definition) is 1. The van der Waals surface area contributed by atoms with Crippen LogP contribution in [0.5, 0.6) is 0 Å². The van der Waals surface area contributed by atoms with Crippen molar-refractivity contribution in [2.24, 2.45) is 7.05 Å². The standard InChI is InChI=1S/C20H21N5O2/c1-11-9-16(18-12(2)23-24(4)19(18)21-11)20(27)22-15-5-6-17-14(10-15)7-8-25(17)13(3)26/h5-6,9-10H,7-8H2,1-4H3,(H,22,27). The monoisotopic (exact) mass is 363 g/mol. The average molecular weight is 363 g/mol. The molecule has 0 unspecified atom stereocenters. The number of anilines is 2. The lowest BCUT2D eigenvalue weighted by atomic mass is 10.1. The number of amides is 2. The second-order valence-corrected chi connectivity index (χ2v) is 6.94. The predicted octanol–water partition coefficient (Wildman–Crippen LogP) is 2.75. The molecule has 138 valence electrons. The van der Waals surface area contributed by atoms with Gasteiger partial charge in [0.15, 0.2) is 5.65 Å². The molecule has 1 aliphatic heterocycles. The number of aromatic nitrogens is 3. The summed E-state index contributed by atoms with van der Waals surface area (Å²) in [5.41, 5.74) is 5.51. The fraction of sp³-hybridized carbons (Fsp3) is 0.300. The molecule has 0 spiro atoms. The van der Waals surface area contributed by atoms with Crippen molar-refractivity contribution in [2.75, 3.05) is 16.8 Å². The van der Waals surface area contributed by atoms with Gasteiger partial charge in [-0.15, -0.1) is 0 Å². The second kappa shape index (κ2) is 6.19. The van der Waals surface area contributed by atoms with Crippen molar-refractivity contribution < 1.29 is 9.59 Å². The summed E-state index contributed by atoms with van der Waals surface area (Å²) >= 11 is 0. The molecule has 3 aromatic rings. The molecule has 1 aliphatic rings. The van der Waals surface area contributed by atoms with Crippen LogP contribution in [-0.4, -0.2) is 33.1 Å². The van der Waals surface area contributed by atoms with E-state index in [9.17, 15) is 9.59 Å². The number of carbonyl (C=O) groups is 2. The fourth-order valence-corrected chi connectivity index (χ4v) is 3.75. The number of aryl methyl sites for hydroxylation is 3. The highest BCUT2D eigenvalue weighted by atomic mass is 16.2. The molecule has 4 rings (SSSR count). The van der Waals surface area contributed by atoms with Gasteiger partial charge >= 0.3 is 0 Å². The van der Waals surface area contributed by atoms with E-state index in [1.165, 1.54) is 0 Å². The van der Waals surface area contributed by atoms with Crippen LogP contribution in [0.1, 0.15) is 34.2 Å². The first kappa shape index (κ1) is 17.2. The number of fused-ring (bicyclic) bond motifs is 2. The highest BCUT2D eigenvalue weighted by Crippen LogP contribution is 2.31. The molecule has 0 aliphatic carbocycles. The summed E-state index contributed by atoms with van der Waals surface area (Å²) in [6.45, 7) is 5.99. The number of benzene rings is 1. The maximum absolute atomic E-state index is 13.0. The molecule has 0 atom stereocenters. The molecule has 2 aromatic heterocycles. The smallest absolute Gasteiger partial charge is 0.256 e. The van der Waals surface area contributed by atoms with Gasteiger partial charge in [0.25, 0.3) is 5.91 Å². The van der Waals surface area contributed by atoms with E-state index in [1.807, 2.05) is 39.1 Å². The predicted molar refractivity (Wildman–Crippen MR) is 104 cm³/mol. The number of pyridine rings is 1. The van der Waals surface area contributed by atoms with E-state index in [2.05, 4.69) is 15.4 Å². The first-order valence-electron chi connectivity index (χ1n) is 8.88. The number of carbonyl (C=O) groups excluding carboxylic acids is 2. The molecule has 0 fully saturated rings. The average Bonchev–Trinajstić information content (AvgIpc) is 3.15. The van der Waals surface area contributed by atoms with Crippen molar-refractivity contribution in [1.82, 2.24) is 14.8 Å². The molecule has 0 radical (unpaired) electrons. The maximum Gasteiger partial charge on any atom is 0.256 e. The maximum atomic E-state index is 13.0. The lowest BCUT2D eigenvalue weighted by Crippen LogP contribution is -2.25. The van der Waals surface area contributed by atoms with Crippen LogP contribution in [0.2, 0.25) is 0 Å². The summed E-state index contributed by atoms with van der Waals surface area (Å²) in [4.78, 5) is 30.9. The topological polar surface area (TPSA) is 80.1 Å². The number of nitrogens with zero attached hydrogens (tertiary/aromatic N) is 4. The van der Waals surface area contributed by atoms with Crippen LogP contribution in [0.15, 0.2) is 24.3 Å². The Bertz CT molecular complexity index is 1100. The Morgan fingerprint density at radius 1 is 1.19 bits per heavy atom. The Hall–Kier alpha value is -3.22. The zero-order chi connectivity index (χ0) is 19.3. The van der Waals surface area contributed by atoms with Gasteiger partial charge in [-0.1, -0.05) is 0 Å². The molecule has 2 amide bonds. The molecule has 7 heteroatoms. The second-order valence-electron chi connectivity index (χ2n) is 6.94. The zero-order valence-electron chi connectivity index (χ0n) is 15.8. The Balaban J connectivity index is 1.68. The van der Waals surface area contributed by atoms with E-state index in [-0.39, 0.29) is 11.8 Å². The molecular weight excluding hydrogens is 342 g/mol. The third-order valence-corrected chi connectivity index (χ3v) is 4.95. The van der Waals surface area contributed by atoms with Gasteiger partial charge in [0, 0.05) is 37.6 Å². The zero-order valence-corrected chi connectivity index (χ0v) is 15.8. The summed E-state index contributed by atoms with van der Waals surface area (Å²) < 4.78 is 1.69. The first-order chi connectivity index (χ1) is 12.8. The van der Waals surface area contributed by atoms with Gasteiger partial charge in [-0.05, 0) is 50.1 Å². The van der Waals surface area contributed by atoms with Crippen molar-refractivity contribution in [3.8, 4) is 0 Å². The molecule has 0 saturated carbocycles. The van der Waals surface area contributed by atoms with E-state index < -0.39 is 0 Å². The van der Waals surface area contributed by atoms with Crippen molar-refractivity contribution >= 4 is 34.2 Å². The highest BCUT2D eigenvalue weighted by Gasteiger charge is 2.23. The molecule has 1 aromatic carbocycles. The van der Waals surface area contributed by atoms with Crippen LogP contribution >= 0.6 is 0 Å². The number of hydrogen-bond acceptors (Lipinski definition) is 4. The van der Waals surface area contributed by atoms with Crippen molar-refractivity contribution in [3.05, 3.63) is 46.8 Å². The summed E-state index contributed by atoms with van der Waals surface area (Å²) in [7, 11) is 1.82. The highest BCUT2D eigenvalue weighted by molar-refractivity contribution is 6.12. The SMILES string of the molecule is CC(=O)N1CCc2cc(NC(=O)c3cc(C)nc4c3c(C)nn4C)ccc21. The Labute approximate surface area is 157 Å². The Morgan fingerprint density at radius 2 is 1.96 bits per heavy atom. The summed E-state index contributed by atoms with van der Waals surface area (Å²) in [5, 5.41) is 8.14. The molecule has 27 heavy (non-hydrogen) atoms. The number of rotatable bonds is 2. The van der Waals surface area contributed by atoms with Gasteiger partial charge in [0.2, 0.25) is 5.91 Å². The first-order valence-corrected chi connectivity index (χ1v) is 8.88. The molecule has 1 N–H and O–H groups in total. The minimum Gasteiger partial charge on any atom is -0.322 e. The minimum absolute atomic E-state index is 0.0345. The van der Waals surface area contributed by atoms with Gasteiger partial charge in [-0.2, -0.15) is 5.10 Å². The third kappa shape index (κ3) is 2.85. The van der Waals surface area contributed by atoms with Crippen LogP contribution in [-0.2, 0) is 18.3 Å². The van der Waals surface area contributed by atoms with Crippen LogP contribution in [0, 0.1) is 13.8 Å². The van der Waals surface area contributed by atoms with Crippen LogP contribution in [0.4, 0.5) is 11.4 Å². The molecule has 7 nitrogen and oxygen atoms in total. The molecule has 0 bridgehead atoms. The van der Waals surface area contributed by atoms with Crippen LogP contribution in [0.25, 0.3) is 11.0 Å². The Kier molecular flexibility index (Phi) is 3.95. The van der Waals surface area contributed by atoms with Gasteiger partial charge < -0.3 is 10.2 Å². The normalized spacial score (nSPS) is 13.1. The lowest BCUT2D eigenvalue weighted by molar-refractivity contribution is -0.116. The fourth-order valence-electron chi connectivity index (χ4n) is 3.75. The van der Waals surface area contributed by atoms with E-state index >= 15 is 0 Å². The quantitative estimate of drug-likeness (QED) is 0.759. The Morgan fingerprint density at radius 3 is 2.70 bits per heavy atom. The van der Waals surface area contributed by atoms with E-state index in [4.69, 9.17) is 0 Å². The van der Waals surface area contributed by atoms with Crippen molar-refractivity contribution in [1.29, 1.82) is 0 Å². The summed E-state index contributed by atoms with van der Waals surface area (Å²) in [6, 6.07) is 7.45. The molecular formula is C20H21N5O2. The summed E-state index contributed by atoms with van der Waals surface area (Å²) in [5.74, 6) is -0.157. The van der Waals surface area contributed by atoms with Crippen molar-refractivity contribution in [3.63, 3.8) is 0 Å². The van der Waals surface area contributed by atoms with Gasteiger partial charge in [-0.25, -0.2) is 4.98 Å². The van der Waals surface area contributed by atoms with Gasteiger partial charge in [0.1, 0.15) is 0 Å². The molecule has 3 heterocycles. The van der Waals surface area contributed by atoms with Crippen LogP contribution in [0.3, 0.4) is 0 Å². The van der Waals surface area contributed by atoms with Gasteiger partial charge in [0.05, 0.1) is 16.6 Å². The van der Waals surface area contributed by atoms with E-state index in [0.29, 0.717) is 23.4 Å². The summed E-state index contributed by atoms with van der Waals surface area (Å²) in [6.07, 6.45) is 0.791. The van der Waals surface area contributed by atoms with E-state index in [0.717, 1.165) is 34.4 Å². The van der Waals surface area contributed by atoms with E-state index in [1.54, 1.807) is 22.6 Å². The third-order valence-electron chi connectivity index (χ3n) is 4.95. The van der Waals surface area contributed by atoms with Gasteiger partial charge in [-0.3, -0.25) is 14.3 Å². The van der Waals surface area contributed by atoms with Crippen LogP contribution < -0.4 is 10.2 Å².